The molecule has 1 heterocycles. The van der Waals surface area contributed by atoms with Gasteiger partial charge in [-0.3, -0.25) is 20.2 Å². The average molecular weight is 488 g/mol. The Labute approximate surface area is 203 Å². The van der Waals surface area contributed by atoms with Crippen LogP contribution < -0.4 is 19.9 Å². The number of carbonyl (C=O) groups is 1. The number of nitriles is 1. The third-order valence-electron chi connectivity index (χ3n) is 5.27. The molecule has 1 aliphatic heterocycles. The van der Waals surface area contributed by atoms with Crippen LogP contribution in [0.25, 0.3) is 0 Å². The smallest absolute Gasteiger partial charge is 0.349 e. The van der Waals surface area contributed by atoms with Crippen LogP contribution in [0.5, 0.6) is 17.2 Å². The summed E-state index contributed by atoms with van der Waals surface area (Å²) >= 11 is 0. The van der Waals surface area contributed by atoms with Gasteiger partial charge >= 0.3 is 11.7 Å². The monoisotopic (exact) mass is 488 g/mol. The molecule has 0 spiro atoms. The summed E-state index contributed by atoms with van der Waals surface area (Å²) in [5, 5.41) is 31.7. The molecule has 0 saturated carbocycles. The predicted molar refractivity (Wildman–Crippen MR) is 123 cm³/mol. The number of benzene rings is 3. The standard InChI is InChI=1S/C24H16N4O8/c25-12-18-23(14-5-7-15(8-6-14)27(30)31)17-10-9-16(11-21(17)36-24(18)26)35-22(29)13-34-20-4-2-1-3-19(20)28(32)33/h1-11,23H,13,26H2. The zero-order chi connectivity index (χ0) is 25.8. The summed E-state index contributed by atoms with van der Waals surface area (Å²) in [6.07, 6.45) is 0. The number of nitrogens with zero attached hydrogens (tertiary/aromatic N) is 3. The highest BCUT2D eigenvalue weighted by Gasteiger charge is 2.31. The molecule has 0 fully saturated rings. The molecule has 36 heavy (non-hydrogen) atoms. The first-order chi connectivity index (χ1) is 17.3. The van der Waals surface area contributed by atoms with E-state index in [9.17, 15) is 30.3 Å². The molecule has 1 atom stereocenters. The van der Waals surface area contributed by atoms with Crippen molar-refractivity contribution < 1.29 is 28.9 Å². The van der Waals surface area contributed by atoms with Crippen LogP contribution in [0.2, 0.25) is 0 Å². The van der Waals surface area contributed by atoms with Gasteiger partial charge in [0.25, 0.3) is 5.69 Å². The van der Waals surface area contributed by atoms with Gasteiger partial charge in [-0.05, 0) is 17.7 Å². The molecule has 1 aliphatic rings. The number of nitro benzene ring substituents is 2. The Morgan fingerprint density at radius 3 is 2.44 bits per heavy atom. The molecular formula is C24H16N4O8. The molecule has 0 aromatic heterocycles. The van der Waals surface area contributed by atoms with E-state index in [1.165, 1.54) is 60.7 Å². The van der Waals surface area contributed by atoms with Crippen molar-refractivity contribution in [3.05, 3.63) is 110 Å². The first kappa shape index (κ1) is 23.7. The van der Waals surface area contributed by atoms with Crippen LogP contribution >= 0.6 is 0 Å². The number of carbonyl (C=O) groups excluding carboxylic acids is 1. The number of nitrogens with two attached hydrogens (primary N) is 1. The third-order valence-corrected chi connectivity index (χ3v) is 5.27. The van der Waals surface area contributed by atoms with Gasteiger partial charge in [0.1, 0.15) is 23.1 Å². The Morgan fingerprint density at radius 1 is 1.06 bits per heavy atom. The quantitative estimate of drug-likeness (QED) is 0.223. The number of allylic oxidation sites excluding steroid dienone is 1. The number of ether oxygens (including phenoxy) is 3. The fourth-order valence-electron chi connectivity index (χ4n) is 3.66. The molecule has 2 N–H and O–H groups in total. The normalized spacial score (nSPS) is 14.1. The molecule has 180 valence electrons. The highest BCUT2D eigenvalue weighted by Crippen LogP contribution is 2.43. The van der Waals surface area contributed by atoms with E-state index in [-0.39, 0.29) is 40.1 Å². The van der Waals surface area contributed by atoms with Crippen molar-refractivity contribution in [3.8, 4) is 23.3 Å². The van der Waals surface area contributed by atoms with Crippen LogP contribution in [-0.2, 0) is 4.79 Å². The highest BCUT2D eigenvalue weighted by atomic mass is 16.6. The Balaban J connectivity index is 1.55. The van der Waals surface area contributed by atoms with E-state index in [2.05, 4.69) is 0 Å². The second kappa shape index (κ2) is 9.82. The average Bonchev–Trinajstić information content (AvgIpc) is 2.86. The number of fused-ring (bicyclic) bond motifs is 1. The van der Waals surface area contributed by atoms with Crippen molar-refractivity contribution in [1.82, 2.24) is 0 Å². The number of para-hydroxylation sites is 2. The van der Waals surface area contributed by atoms with E-state index in [1.807, 2.05) is 6.07 Å². The molecule has 3 aromatic carbocycles. The minimum atomic E-state index is -0.822. The van der Waals surface area contributed by atoms with E-state index in [0.29, 0.717) is 11.1 Å². The number of rotatable bonds is 7. The van der Waals surface area contributed by atoms with Gasteiger partial charge in [0, 0.05) is 29.8 Å². The fourth-order valence-corrected chi connectivity index (χ4v) is 3.66. The lowest BCUT2D eigenvalue weighted by Gasteiger charge is -2.26. The van der Waals surface area contributed by atoms with E-state index in [0.717, 1.165) is 0 Å². The van der Waals surface area contributed by atoms with Gasteiger partial charge in [-0.25, -0.2) is 4.79 Å². The zero-order valence-electron chi connectivity index (χ0n) is 18.3. The van der Waals surface area contributed by atoms with E-state index >= 15 is 0 Å². The Bertz CT molecular complexity index is 1440. The Morgan fingerprint density at radius 2 is 1.78 bits per heavy atom. The zero-order valence-corrected chi connectivity index (χ0v) is 18.3. The van der Waals surface area contributed by atoms with Crippen LogP contribution in [0.15, 0.2) is 78.2 Å². The SMILES string of the molecule is N#CC1=C(N)Oc2cc(OC(=O)COc3ccccc3[N+](=O)[O-])ccc2C1c1ccc([N+](=O)[O-])cc1. The van der Waals surface area contributed by atoms with Crippen molar-refractivity contribution in [3.63, 3.8) is 0 Å². The van der Waals surface area contributed by atoms with Gasteiger partial charge in [0.15, 0.2) is 12.4 Å². The van der Waals surface area contributed by atoms with Gasteiger partial charge in [-0.15, -0.1) is 0 Å². The Hall–Kier alpha value is -5.44. The molecular weight excluding hydrogens is 472 g/mol. The summed E-state index contributed by atoms with van der Waals surface area (Å²) in [5.74, 6) is -1.42. The van der Waals surface area contributed by atoms with Crippen LogP contribution in [0, 0.1) is 31.6 Å². The third kappa shape index (κ3) is 4.75. The van der Waals surface area contributed by atoms with Gasteiger partial charge in [0.05, 0.1) is 15.8 Å². The van der Waals surface area contributed by atoms with Gasteiger partial charge in [-0.2, -0.15) is 5.26 Å². The maximum Gasteiger partial charge on any atom is 0.349 e. The minimum absolute atomic E-state index is 0.0823. The second-order valence-electron chi connectivity index (χ2n) is 7.46. The number of esters is 1. The van der Waals surface area contributed by atoms with Gasteiger partial charge in [0.2, 0.25) is 5.88 Å². The lowest BCUT2D eigenvalue weighted by molar-refractivity contribution is -0.385. The topological polar surface area (TPSA) is 181 Å². The number of hydrogen-bond donors (Lipinski definition) is 1. The number of hydrogen-bond acceptors (Lipinski definition) is 10. The van der Waals surface area contributed by atoms with E-state index in [1.54, 1.807) is 6.07 Å². The fraction of sp³-hybridized carbons (Fsp3) is 0.0833. The van der Waals surface area contributed by atoms with Crippen molar-refractivity contribution in [1.29, 1.82) is 5.26 Å². The molecule has 12 heteroatoms. The number of non-ortho nitro benzene ring substituents is 1. The van der Waals surface area contributed by atoms with Gasteiger partial charge < -0.3 is 19.9 Å². The first-order valence-corrected chi connectivity index (χ1v) is 10.3. The molecule has 4 rings (SSSR count). The van der Waals surface area contributed by atoms with E-state index < -0.39 is 28.3 Å². The van der Waals surface area contributed by atoms with Crippen molar-refractivity contribution >= 4 is 17.3 Å². The number of nitro groups is 2. The summed E-state index contributed by atoms with van der Waals surface area (Å²) in [4.78, 5) is 33.2. The first-order valence-electron chi connectivity index (χ1n) is 10.3. The molecule has 0 saturated heterocycles. The summed E-state index contributed by atoms with van der Waals surface area (Å²) < 4.78 is 16.1. The molecule has 3 aromatic rings. The maximum absolute atomic E-state index is 12.3. The van der Waals surface area contributed by atoms with Crippen LogP contribution in [0.1, 0.15) is 17.0 Å². The lowest BCUT2D eigenvalue weighted by atomic mass is 9.83. The minimum Gasteiger partial charge on any atom is -0.475 e. The molecule has 0 amide bonds. The van der Waals surface area contributed by atoms with Gasteiger partial charge in [-0.1, -0.05) is 30.3 Å². The lowest BCUT2D eigenvalue weighted by Crippen LogP contribution is -2.21. The maximum atomic E-state index is 12.3. The van der Waals surface area contributed by atoms with Crippen LogP contribution in [0.3, 0.4) is 0 Å². The van der Waals surface area contributed by atoms with Crippen LogP contribution in [0.4, 0.5) is 11.4 Å². The van der Waals surface area contributed by atoms with E-state index in [4.69, 9.17) is 19.9 Å². The molecule has 12 nitrogen and oxygen atoms in total. The highest BCUT2D eigenvalue weighted by molar-refractivity contribution is 5.74. The van der Waals surface area contributed by atoms with Crippen molar-refractivity contribution in [2.45, 2.75) is 5.92 Å². The molecule has 0 aliphatic carbocycles. The molecule has 0 radical (unpaired) electrons. The predicted octanol–water partition coefficient (Wildman–Crippen LogP) is 3.71. The summed E-state index contributed by atoms with van der Waals surface area (Å²) in [7, 11) is 0. The summed E-state index contributed by atoms with van der Waals surface area (Å²) in [6.45, 7) is -0.588. The summed E-state index contributed by atoms with van der Waals surface area (Å²) in [6, 6.07) is 17.8. The summed E-state index contributed by atoms with van der Waals surface area (Å²) in [5.41, 5.74) is 6.79. The van der Waals surface area contributed by atoms with Crippen LogP contribution in [-0.4, -0.2) is 22.4 Å². The van der Waals surface area contributed by atoms with Crippen molar-refractivity contribution in [2.75, 3.05) is 6.61 Å². The molecule has 0 bridgehead atoms. The Kier molecular flexibility index (Phi) is 6.47. The second-order valence-corrected chi connectivity index (χ2v) is 7.46. The largest absolute Gasteiger partial charge is 0.475 e. The van der Waals surface area contributed by atoms with Crippen molar-refractivity contribution in [2.24, 2.45) is 5.73 Å². The molecule has 1 unspecified atom stereocenters.